The molecule has 0 unspecified atom stereocenters. The van der Waals surface area contributed by atoms with Gasteiger partial charge in [-0.05, 0) is 66.4 Å². The van der Waals surface area contributed by atoms with E-state index in [1.807, 2.05) is 42.1 Å². The highest BCUT2D eigenvalue weighted by Crippen LogP contribution is 2.33. The van der Waals surface area contributed by atoms with Crippen molar-refractivity contribution in [3.05, 3.63) is 89.1 Å². The highest BCUT2D eigenvalue weighted by Gasteiger charge is 2.18. The van der Waals surface area contributed by atoms with Crippen LogP contribution in [-0.2, 0) is 24.1 Å². The van der Waals surface area contributed by atoms with Crippen molar-refractivity contribution in [1.82, 2.24) is 4.57 Å². The predicted molar refractivity (Wildman–Crippen MR) is 145 cm³/mol. The van der Waals surface area contributed by atoms with Gasteiger partial charge in [-0.15, -0.1) is 0 Å². The summed E-state index contributed by atoms with van der Waals surface area (Å²) in [6.45, 7) is 2.24. The summed E-state index contributed by atoms with van der Waals surface area (Å²) in [5, 5.41) is 36.1. The minimum absolute atomic E-state index is 0.0641. The zero-order valence-electron chi connectivity index (χ0n) is 21.3. The molecule has 37 heavy (non-hydrogen) atoms. The number of nitrogens with one attached hydrogen (secondary N) is 1. The van der Waals surface area contributed by atoms with Crippen molar-refractivity contribution in [3.8, 4) is 11.5 Å². The van der Waals surface area contributed by atoms with Crippen molar-refractivity contribution < 1.29 is 24.9 Å². The molecule has 4 N–H and O–H groups in total. The van der Waals surface area contributed by atoms with Gasteiger partial charge < -0.3 is 29.9 Å². The monoisotopic (exact) mass is 502 g/mol. The molecule has 0 spiro atoms. The van der Waals surface area contributed by atoms with Crippen molar-refractivity contribution >= 4 is 22.6 Å². The molecule has 0 aliphatic heterocycles. The number of carbonyl (C=O) groups is 1. The topological polar surface area (TPSA) is 104 Å². The summed E-state index contributed by atoms with van der Waals surface area (Å²) >= 11 is 0. The Morgan fingerprint density at radius 2 is 1.78 bits per heavy atom. The summed E-state index contributed by atoms with van der Waals surface area (Å²) in [6, 6.07) is 18.0. The van der Waals surface area contributed by atoms with Crippen LogP contribution in [0, 0.1) is 0 Å². The van der Waals surface area contributed by atoms with E-state index in [4.69, 9.17) is 4.74 Å². The van der Waals surface area contributed by atoms with Gasteiger partial charge in [0.25, 0.3) is 0 Å². The standard InChI is InChI=1S/C30H34N2O5/c1-3-4-8-20-13-28(34)26(29(35)14-20)18-32-17-22(25-16-23(31-2)11-12-27(25)32)15-24(33)19-37-30(36)21-9-6-5-7-10-21/h5-7,9-14,16-17,24,31,33-35H,3-4,8,15,18-19H2,1-2H3/t24-/m0/s1. The Balaban J connectivity index is 1.56. The number of benzene rings is 3. The third kappa shape index (κ3) is 6.24. The Morgan fingerprint density at radius 3 is 2.46 bits per heavy atom. The molecule has 0 fully saturated rings. The molecular formula is C30H34N2O5. The van der Waals surface area contributed by atoms with Gasteiger partial charge in [-0.25, -0.2) is 4.79 Å². The predicted octanol–water partition coefficient (Wildman–Crippen LogP) is 5.25. The number of ether oxygens (including phenoxy) is 1. The van der Waals surface area contributed by atoms with E-state index >= 15 is 0 Å². The van der Waals surface area contributed by atoms with E-state index in [1.165, 1.54) is 0 Å². The number of hydrogen-bond donors (Lipinski definition) is 4. The van der Waals surface area contributed by atoms with Gasteiger partial charge in [-0.3, -0.25) is 0 Å². The fourth-order valence-corrected chi connectivity index (χ4v) is 4.52. The van der Waals surface area contributed by atoms with Crippen LogP contribution >= 0.6 is 0 Å². The molecule has 7 heteroatoms. The third-order valence-electron chi connectivity index (χ3n) is 6.53. The molecule has 0 bridgehead atoms. The summed E-state index contributed by atoms with van der Waals surface area (Å²) in [6.07, 6.45) is 4.11. The summed E-state index contributed by atoms with van der Waals surface area (Å²) in [5.74, 6) is -0.351. The van der Waals surface area contributed by atoms with Gasteiger partial charge in [0.2, 0.25) is 0 Å². The molecule has 1 atom stereocenters. The van der Waals surface area contributed by atoms with E-state index in [0.29, 0.717) is 11.1 Å². The highest BCUT2D eigenvalue weighted by molar-refractivity contribution is 5.89. The van der Waals surface area contributed by atoms with Crippen molar-refractivity contribution in [1.29, 1.82) is 0 Å². The number of aliphatic hydroxyl groups excluding tert-OH is 1. The van der Waals surface area contributed by atoms with Crippen molar-refractivity contribution in [2.24, 2.45) is 0 Å². The summed E-state index contributed by atoms with van der Waals surface area (Å²) in [4.78, 5) is 12.3. The number of fused-ring (bicyclic) bond motifs is 1. The maximum Gasteiger partial charge on any atom is 0.338 e. The molecule has 0 saturated carbocycles. The largest absolute Gasteiger partial charge is 0.507 e. The average molecular weight is 503 g/mol. The number of aryl methyl sites for hydroxylation is 1. The lowest BCUT2D eigenvalue weighted by molar-refractivity contribution is 0.0259. The number of anilines is 1. The lowest BCUT2D eigenvalue weighted by atomic mass is 10.0. The molecule has 0 radical (unpaired) electrons. The SMILES string of the molecule is CCCCc1cc(O)c(Cn2cc(C[C@H](O)COC(=O)c3ccccc3)c3cc(NC)ccc32)c(O)c1. The lowest BCUT2D eigenvalue weighted by Gasteiger charge is -2.12. The Kier molecular flexibility index (Phi) is 8.36. The number of esters is 1. The van der Waals surface area contributed by atoms with Gasteiger partial charge in [-0.1, -0.05) is 31.5 Å². The third-order valence-corrected chi connectivity index (χ3v) is 6.53. The summed E-state index contributed by atoms with van der Waals surface area (Å²) < 4.78 is 7.27. The summed E-state index contributed by atoms with van der Waals surface area (Å²) in [5.41, 5.74) is 4.47. The minimum atomic E-state index is -0.899. The van der Waals surface area contributed by atoms with Crippen LogP contribution in [0.25, 0.3) is 10.9 Å². The molecule has 3 aromatic carbocycles. The van der Waals surface area contributed by atoms with Gasteiger partial charge in [0.1, 0.15) is 18.1 Å². The van der Waals surface area contributed by atoms with Gasteiger partial charge in [0.15, 0.2) is 0 Å². The number of aromatic hydroxyl groups is 2. The van der Waals surface area contributed by atoms with E-state index in [1.54, 1.807) is 36.4 Å². The number of unbranched alkanes of at least 4 members (excludes halogenated alkanes) is 1. The molecule has 1 heterocycles. The molecule has 7 nitrogen and oxygen atoms in total. The number of aliphatic hydroxyl groups is 1. The van der Waals surface area contributed by atoms with Crippen LogP contribution in [-0.4, -0.2) is 45.6 Å². The zero-order valence-corrected chi connectivity index (χ0v) is 21.3. The van der Waals surface area contributed by atoms with Gasteiger partial charge >= 0.3 is 5.97 Å². The molecule has 1 aromatic heterocycles. The Morgan fingerprint density at radius 1 is 1.05 bits per heavy atom. The second-order valence-electron chi connectivity index (χ2n) is 9.30. The molecule has 0 aliphatic carbocycles. The van der Waals surface area contributed by atoms with Crippen LogP contribution in [0.4, 0.5) is 5.69 Å². The fraction of sp³-hybridized carbons (Fsp3) is 0.300. The molecule has 4 rings (SSSR count). The smallest absolute Gasteiger partial charge is 0.338 e. The number of phenolic OH excluding ortho intramolecular Hbond substituents is 2. The van der Waals surface area contributed by atoms with Crippen LogP contribution in [0.15, 0.2) is 66.9 Å². The quantitative estimate of drug-likeness (QED) is 0.209. The van der Waals surface area contributed by atoms with Crippen molar-refractivity contribution in [3.63, 3.8) is 0 Å². The Bertz CT molecular complexity index is 1340. The Hall–Kier alpha value is -3.97. The molecule has 4 aromatic rings. The average Bonchev–Trinajstić information content (AvgIpc) is 3.24. The second kappa shape index (κ2) is 11.8. The van der Waals surface area contributed by atoms with E-state index in [0.717, 1.165) is 47.0 Å². The van der Waals surface area contributed by atoms with E-state index in [9.17, 15) is 20.1 Å². The summed E-state index contributed by atoms with van der Waals surface area (Å²) in [7, 11) is 1.84. The zero-order chi connectivity index (χ0) is 26.4. The number of nitrogens with zero attached hydrogens (tertiary/aromatic N) is 1. The molecule has 0 saturated heterocycles. The van der Waals surface area contributed by atoms with Crippen LogP contribution in [0.1, 0.15) is 46.8 Å². The number of carbonyl (C=O) groups excluding carboxylic acids is 1. The maximum absolute atomic E-state index is 12.3. The van der Waals surface area contributed by atoms with Crippen LogP contribution < -0.4 is 5.32 Å². The molecular weight excluding hydrogens is 468 g/mol. The molecule has 194 valence electrons. The van der Waals surface area contributed by atoms with Gasteiger partial charge in [0, 0.05) is 36.3 Å². The number of phenols is 2. The van der Waals surface area contributed by atoms with Crippen molar-refractivity contribution in [2.45, 2.75) is 45.3 Å². The minimum Gasteiger partial charge on any atom is -0.507 e. The number of rotatable bonds is 11. The van der Waals surface area contributed by atoms with Crippen molar-refractivity contribution in [2.75, 3.05) is 19.0 Å². The first-order valence-corrected chi connectivity index (χ1v) is 12.6. The first-order valence-electron chi connectivity index (χ1n) is 12.6. The lowest BCUT2D eigenvalue weighted by Crippen LogP contribution is -2.21. The fourth-order valence-electron chi connectivity index (χ4n) is 4.52. The van der Waals surface area contributed by atoms with Gasteiger partial charge in [0.05, 0.1) is 23.8 Å². The van der Waals surface area contributed by atoms with Gasteiger partial charge in [-0.2, -0.15) is 0 Å². The molecule has 0 amide bonds. The van der Waals surface area contributed by atoms with Crippen LogP contribution in [0.2, 0.25) is 0 Å². The van der Waals surface area contributed by atoms with E-state index in [2.05, 4.69) is 12.2 Å². The molecule has 0 aliphatic rings. The Labute approximate surface area is 217 Å². The van der Waals surface area contributed by atoms with Crippen LogP contribution in [0.5, 0.6) is 11.5 Å². The number of hydrogen-bond acceptors (Lipinski definition) is 6. The first-order chi connectivity index (χ1) is 17.9. The highest BCUT2D eigenvalue weighted by atomic mass is 16.5. The van der Waals surface area contributed by atoms with E-state index < -0.39 is 12.1 Å². The first kappa shape index (κ1) is 26.1. The number of aromatic nitrogens is 1. The normalized spacial score (nSPS) is 12.0. The van der Waals surface area contributed by atoms with Crippen LogP contribution in [0.3, 0.4) is 0 Å². The van der Waals surface area contributed by atoms with E-state index in [-0.39, 0.29) is 31.1 Å². The maximum atomic E-state index is 12.3. The second-order valence-corrected chi connectivity index (χ2v) is 9.30.